The van der Waals surface area contributed by atoms with Crippen LogP contribution in [0.25, 0.3) is 6.08 Å². The Labute approximate surface area is 104 Å². The Kier molecular flexibility index (Phi) is 4.49. The molecule has 0 bridgehead atoms. The Morgan fingerprint density at radius 1 is 0.882 bits per heavy atom. The van der Waals surface area contributed by atoms with Gasteiger partial charge < -0.3 is 4.52 Å². The van der Waals surface area contributed by atoms with Crippen LogP contribution >= 0.6 is 8.15 Å². The van der Waals surface area contributed by atoms with Crippen LogP contribution in [0, 0.1) is 0 Å². The third-order valence-corrected chi connectivity index (χ3v) is 4.03. The van der Waals surface area contributed by atoms with E-state index in [0.717, 1.165) is 0 Å². The summed E-state index contributed by atoms with van der Waals surface area (Å²) in [5, 5.41) is 1.23. The molecule has 17 heavy (non-hydrogen) atoms. The molecule has 0 amide bonds. The van der Waals surface area contributed by atoms with Crippen LogP contribution in [0.3, 0.4) is 0 Å². The van der Waals surface area contributed by atoms with Crippen LogP contribution in [0.4, 0.5) is 0 Å². The molecule has 86 valence electrons. The van der Waals surface area contributed by atoms with Gasteiger partial charge in [-0.05, 0) is 11.4 Å². The monoisotopic (exact) mass is 242 g/mol. The molecule has 0 aliphatic rings. The van der Waals surface area contributed by atoms with E-state index in [9.17, 15) is 0 Å². The molecular formula is C15H15OP. The van der Waals surface area contributed by atoms with Crippen LogP contribution in [-0.2, 0) is 4.52 Å². The molecule has 0 aromatic heterocycles. The molecule has 2 aromatic rings. The molecule has 0 spiro atoms. The van der Waals surface area contributed by atoms with Crippen LogP contribution in [-0.4, -0.2) is 7.11 Å². The van der Waals surface area contributed by atoms with Crippen molar-refractivity contribution in [2.45, 2.75) is 0 Å². The first-order chi connectivity index (χ1) is 8.40. The van der Waals surface area contributed by atoms with E-state index < -0.39 is 8.15 Å². The second-order valence-electron chi connectivity index (χ2n) is 3.57. The minimum Gasteiger partial charge on any atom is -0.353 e. The van der Waals surface area contributed by atoms with E-state index in [1.54, 1.807) is 7.11 Å². The number of rotatable bonds is 4. The summed E-state index contributed by atoms with van der Waals surface area (Å²) in [6.07, 6.45) is 2.11. The maximum absolute atomic E-state index is 5.54. The van der Waals surface area contributed by atoms with Crippen molar-refractivity contribution >= 4 is 19.5 Å². The van der Waals surface area contributed by atoms with Crippen molar-refractivity contribution in [3.63, 3.8) is 0 Å². The molecule has 2 aromatic carbocycles. The highest BCUT2D eigenvalue weighted by molar-refractivity contribution is 7.64. The zero-order valence-corrected chi connectivity index (χ0v) is 10.7. The minimum absolute atomic E-state index is 0.658. The summed E-state index contributed by atoms with van der Waals surface area (Å²) in [5.74, 6) is 2.14. The third kappa shape index (κ3) is 3.52. The van der Waals surface area contributed by atoms with Crippen molar-refractivity contribution in [3.05, 3.63) is 72.0 Å². The summed E-state index contributed by atoms with van der Waals surface area (Å²) in [6, 6.07) is 20.6. The average molecular weight is 242 g/mol. The maximum atomic E-state index is 5.54. The van der Waals surface area contributed by atoms with Crippen LogP contribution in [0.5, 0.6) is 0 Å². The van der Waals surface area contributed by atoms with E-state index >= 15 is 0 Å². The lowest BCUT2D eigenvalue weighted by atomic mass is 10.2. The highest BCUT2D eigenvalue weighted by Gasteiger charge is 2.04. The standard InChI is InChI=1S/C15H15OP/c1-16-17(15-10-6-3-7-11-15)13-12-14-8-4-2-5-9-14/h2-13H,1H3. The van der Waals surface area contributed by atoms with Gasteiger partial charge in [0.1, 0.15) is 0 Å². The Bertz CT molecular complexity index is 465. The molecule has 0 saturated carbocycles. The molecule has 0 heterocycles. The SMILES string of the molecule is COP(C=Cc1ccccc1)c1ccccc1. The second-order valence-corrected chi connectivity index (χ2v) is 5.40. The highest BCUT2D eigenvalue weighted by Crippen LogP contribution is 2.36. The first kappa shape index (κ1) is 12.0. The quantitative estimate of drug-likeness (QED) is 0.735. The Balaban J connectivity index is 2.14. The predicted molar refractivity (Wildman–Crippen MR) is 75.5 cm³/mol. The molecule has 0 saturated heterocycles. The van der Waals surface area contributed by atoms with E-state index in [-0.39, 0.29) is 0 Å². The van der Waals surface area contributed by atoms with Crippen molar-refractivity contribution in [2.24, 2.45) is 0 Å². The van der Waals surface area contributed by atoms with E-state index in [2.05, 4.69) is 36.2 Å². The highest BCUT2D eigenvalue weighted by atomic mass is 31.1. The molecule has 0 radical (unpaired) electrons. The molecule has 0 aliphatic carbocycles. The van der Waals surface area contributed by atoms with Gasteiger partial charge in [0.2, 0.25) is 0 Å². The fraction of sp³-hybridized carbons (Fsp3) is 0.0667. The van der Waals surface area contributed by atoms with Crippen molar-refractivity contribution in [1.82, 2.24) is 0 Å². The molecule has 0 N–H and O–H groups in total. The summed E-state index contributed by atoms with van der Waals surface area (Å²) < 4.78 is 5.54. The lowest BCUT2D eigenvalue weighted by Gasteiger charge is -2.10. The maximum Gasteiger partial charge on any atom is 0.0839 e. The van der Waals surface area contributed by atoms with Gasteiger partial charge in [-0.3, -0.25) is 0 Å². The lowest BCUT2D eigenvalue weighted by molar-refractivity contribution is 0.473. The largest absolute Gasteiger partial charge is 0.353 e. The van der Waals surface area contributed by atoms with Gasteiger partial charge in [-0.1, -0.05) is 66.7 Å². The van der Waals surface area contributed by atoms with Crippen molar-refractivity contribution in [2.75, 3.05) is 7.11 Å². The van der Waals surface area contributed by atoms with Crippen molar-refractivity contribution in [1.29, 1.82) is 0 Å². The summed E-state index contributed by atoms with van der Waals surface area (Å²) >= 11 is 0. The smallest absolute Gasteiger partial charge is 0.0839 e. The first-order valence-electron chi connectivity index (χ1n) is 5.52. The summed E-state index contributed by atoms with van der Waals surface area (Å²) in [4.78, 5) is 0. The average Bonchev–Trinajstić information content (AvgIpc) is 2.42. The van der Waals surface area contributed by atoms with Gasteiger partial charge in [0.05, 0.1) is 8.15 Å². The molecule has 1 nitrogen and oxygen atoms in total. The summed E-state index contributed by atoms with van der Waals surface area (Å²) in [5.41, 5.74) is 1.20. The summed E-state index contributed by atoms with van der Waals surface area (Å²) in [6.45, 7) is 0. The van der Waals surface area contributed by atoms with Crippen molar-refractivity contribution < 1.29 is 4.52 Å². The van der Waals surface area contributed by atoms with E-state index in [0.29, 0.717) is 0 Å². The Hall–Kier alpha value is -1.43. The van der Waals surface area contributed by atoms with Crippen molar-refractivity contribution in [3.8, 4) is 0 Å². The fourth-order valence-electron chi connectivity index (χ4n) is 1.55. The normalized spacial score (nSPS) is 12.8. The molecule has 2 rings (SSSR count). The third-order valence-electron chi connectivity index (χ3n) is 2.41. The fourth-order valence-corrected chi connectivity index (χ4v) is 2.82. The Morgan fingerprint density at radius 3 is 2.06 bits per heavy atom. The molecule has 2 heteroatoms. The van der Waals surface area contributed by atoms with Crippen LogP contribution in [0.15, 0.2) is 66.5 Å². The molecule has 0 aliphatic heterocycles. The zero-order valence-electron chi connectivity index (χ0n) is 9.78. The van der Waals surface area contributed by atoms with E-state index in [4.69, 9.17) is 4.52 Å². The number of hydrogen-bond acceptors (Lipinski definition) is 1. The second kappa shape index (κ2) is 6.34. The van der Waals surface area contributed by atoms with E-state index in [1.807, 2.05) is 36.4 Å². The molecule has 1 atom stereocenters. The minimum atomic E-state index is -0.658. The first-order valence-corrected chi connectivity index (χ1v) is 6.84. The van der Waals surface area contributed by atoms with Gasteiger partial charge in [0.25, 0.3) is 0 Å². The molecule has 0 fully saturated rings. The van der Waals surface area contributed by atoms with Gasteiger partial charge in [-0.15, -0.1) is 0 Å². The Morgan fingerprint density at radius 2 is 1.47 bits per heavy atom. The van der Waals surface area contributed by atoms with E-state index in [1.165, 1.54) is 10.9 Å². The number of hydrogen-bond donors (Lipinski definition) is 0. The topological polar surface area (TPSA) is 9.23 Å². The van der Waals surface area contributed by atoms with Crippen LogP contribution in [0.2, 0.25) is 0 Å². The predicted octanol–water partition coefficient (Wildman–Crippen LogP) is 4.03. The van der Waals surface area contributed by atoms with Gasteiger partial charge in [-0.2, -0.15) is 0 Å². The van der Waals surface area contributed by atoms with Gasteiger partial charge in [-0.25, -0.2) is 0 Å². The lowest BCUT2D eigenvalue weighted by Crippen LogP contribution is -1.98. The number of benzene rings is 2. The summed E-state index contributed by atoms with van der Waals surface area (Å²) in [7, 11) is 1.10. The molecule has 1 unspecified atom stereocenters. The van der Waals surface area contributed by atoms with Gasteiger partial charge in [0.15, 0.2) is 0 Å². The molecular weight excluding hydrogens is 227 g/mol. The van der Waals surface area contributed by atoms with Crippen LogP contribution < -0.4 is 5.30 Å². The van der Waals surface area contributed by atoms with Gasteiger partial charge >= 0.3 is 0 Å². The van der Waals surface area contributed by atoms with Crippen LogP contribution in [0.1, 0.15) is 5.56 Å². The zero-order chi connectivity index (χ0) is 11.9. The van der Waals surface area contributed by atoms with Gasteiger partial charge in [0, 0.05) is 12.4 Å².